The molecule has 0 spiro atoms. The van der Waals surface area contributed by atoms with Crippen LogP contribution in [0.5, 0.6) is 0 Å². The van der Waals surface area contributed by atoms with Crippen molar-refractivity contribution in [2.24, 2.45) is 5.92 Å². The summed E-state index contributed by atoms with van der Waals surface area (Å²) >= 11 is 0. The van der Waals surface area contributed by atoms with Crippen molar-refractivity contribution >= 4 is 5.91 Å². The first-order valence-corrected chi connectivity index (χ1v) is 9.84. The van der Waals surface area contributed by atoms with E-state index in [0.717, 1.165) is 12.8 Å². The average molecular weight is 312 g/mol. The van der Waals surface area contributed by atoms with Crippen LogP contribution in [0.15, 0.2) is 0 Å². The van der Waals surface area contributed by atoms with Gasteiger partial charge in [-0.15, -0.1) is 0 Å². The van der Waals surface area contributed by atoms with E-state index >= 15 is 0 Å². The smallest absolute Gasteiger partial charge is 0.225 e. The molecular formula is C20H41NO. The van der Waals surface area contributed by atoms with Gasteiger partial charge in [-0.05, 0) is 12.8 Å². The lowest BCUT2D eigenvalue weighted by molar-refractivity contribution is -0.133. The number of hydrogen-bond acceptors (Lipinski definition) is 1. The molecule has 0 aliphatic rings. The van der Waals surface area contributed by atoms with E-state index in [0.29, 0.717) is 5.91 Å². The normalized spacial score (nSPS) is 12.4. The molecule has 0 aliphatic heterocycles. The summed E-state index contributed by atoms with van der Waals surface area (Å²) in [5.74, 6) is 0.559. The van der Waals surface area contributed by atoms with Gasteiger partial charge in [0.1, 0.15) is 0 Å². The lowest BCUT2D eigenvalue weighted by atomic mass is 9.96. The third-order valence-corrected chi connectivity index (χ3v) is 4.69. The maximum absolute atomic E-state index is 11.9. The van der Waals surface area contributed by atoms with Crippen LogP contribution < -0.4 is 0 Å². The molecule has 0 saturated carbocycles. The van der Waals surface area contributed by atoms with Crippen LogP contribution in [-0.2, 0) is 4.79 Å². The van der Waals surface area contributed by atoms with E-state index < -0.39 is 0 Å². The molecule has 0 aromatic rings. The van der Waals surface area contributed by atoms with Crippen molar-refractivity contribution in [3.05, 3.63) is 0 Å². The van der Waals surface area contributed by atoms with Gasteiger partial charge >= 0.3 is 0 Å². The molecule has 0 N–H and O–H groups in total. The van der Waals surface area contributed by atoms with Crippen LogP contribution in [0.3, 0.4) is 0 Å². The third-order valence-electron chi connectivity index (χ3n) is 4.69. The fourth-order valence-electron chi connectivity index (χ4n) is 3.10. The SMILES string of the molecule is CCCCCCCCCCCCCCC(CC)C(=O)N(C)C. The molecule has 0 fully saturated rings. The topological polar surface area (TPSA) is 20.3 Å². The van der Waals surface area contributed by atoms with E-state index in [-0.39, 0.29) is 5.92 Å². The second-order valence-corrected chi connectivity index (χ2v) is 7.02. The minimum Gasteiger partial charge on any atom is -0.349 e. The molecule has 1 unspecified atom stereocenters. The van der Waals surface area contributed by atoms with Crippen LogP contribution in [0.2, 0.25) is 0 Å². The highest BCUT2D eigenvalue weighted by atomic mass is 16.2. The number of carbonyl (C=O) groups is 1. The molecule has 2 heteroatoms. The van der Waals surface area contributed by atoms with E-state index in [1.54, 1.807) is 4.90 Å². The second-order valence-electron chi connectivity index (χ2n) is 7.02. The molecule has 0 radical (unpaired) electrons. The van der Waals surface area contributed by atoms with Crippen molar-refractivity contribution in [3.63, 3.8) is 0 Å². The Labute approximate surface area is 140 Å². The Kier molecular flexibility index (Phi) is 15.0. The van der Waals surface area contributed by atoms with E-state index in [1.165, 1.54) is 77.0 Å². The van der Waals surface area contributed by atoms with Crippen LogP contribution in [-0.4, -0.2) is 24.9 Å². The lowest BCUT2D eigenvalue weighted by Gasteiger charge is -2.18. The monoisotopic (exact) mass is 311 g/mol. The minimum atomic E-state index is 0.248. The summed E-state index contributed by atoms with van der Waals surface area (Å²) in [6.45, 7) is 4.41. The average Bonchev–Trinajstić information content (AvgIpc) is 2.51. The predicted octanol–water partition coefficient (Wildman–Crippen LogP) is 6.19. The first-order chi connectivity index (χ1) is 10.6. The van der Waals surface area contributed by atoms with Gasteiger partial charge in [-0.1, -0.05) is 90.9 Å². The maximum atomic E-state index is 11.9. The molecular weight excluding hydrogens is 270 g/mol. The molecule has 0 aromatic heterocycles. The summed E-state index contributed by atoms with van der Waals surface area (Å²) in [4.78, 5) is 13.7. The molecule has 1 amide bonds. The summed E-state index contributed by atoms with van der Waals surface area (Å²) in [6, 6.07) is 0. The number of unbranched alkanes of at least 4 members (excludes halogenated alkanes) is 11. The Bertz CT molecular complexity index is 250. The highest BCUT2D eigenvalue weighted by molar-refractivity contribution is 5.78. The molecule has 0 bridgehead atoms. The van der Waals surface area contributed by atoms with Gasteiger partial charge in [0.2, 0.25) is 5.91 Å². The molecule has 0 saturated heterocycles. The van der Waals surface area contributed by atoms with Crippen molar-refractivity contribution in [1.29, 1.82) is 0 Å². The van der Waals surface area contributed by atoms with E-state index in [1.807, 2.05) is 14.1 Å². The van der Waals surface area contributed by atoms with Gasteiger partial charge in [0.05, 0.1) is 0 Å². The van der Waals surface area contributed by atoms with Crippen molar-refractivity contribution in [2.75, 3.05) is 14.1 Å². The van der Waals surface area contributed by atoms with Crippen LogP contribution in [0, 0.1) is 5.92 Å². The standard InChI is InChI=1S/C20H41NO/c1-5-7-8-9-10-11-12-13-14-15-16-17-18-19(6-2)20(22)21(3)4/h19H,5-18H2,1-4H3. The van der Waals surface area contributed by atoms with Gasteiger partial charge in [-0.2, -0.15) is 0 Å². The number of carbonyl (C=O) groups excluding carboxylic acids is 1. The van der Waals surface area contributed by atoms with Gasteiger partial charge in [-0.3, -0.25) is 4.79 Å². The molecule has 0 aliphatic carbocycles. The fraction of sp³-hybridized carbons (Fsp3) is 0.950. The zero-order valence-corrected chi connectivity index (χ0v) is 15.8. The van der Waals surface area contributed by atoms with Crippen molar-refractivity contribution in [1.82, 2.24) is 4.90 Å². The summed E-state index contributed by atoms with van der Waals surface area (Å²) in [7, 11) is 3.74. The fourth-order valence-corrected chi connectivity index (χ4v) is 3.10. The summed E-state index contributed by atoms with van der Waals surface area (Å²) in [5.41, 5.74) is 0. The molecule has 2 nitrogen and oxygen atoms in total. The van der Waals surface area contributed by atoms with Crippen molar-refractivity contribution in [2.45, 2.75) is 104 Å². The number of nitrogens with zero attached hydrogens (tertiary/aromatic N) is 1. The lowest BCUT2D eigenvalue weighted by Crippen LogP contribution is -2.29. The first-order valence-electron chi connectivity index (χ1n) is 9.84. The molecule has 1 atom stereocenters. The zero-order valence-electron chi connectivity index (χ0n) is 15.8. The molecule has 0 rings (SSSR count). The third kappa shape index (κ3) is 12.1. The molecule has 0 heterocycles. The Morgan fingerprint density at radius 1 is 0.727 bits per heavy atom. The summed E-state index contributed by atoms with van der Waals surface area (Å²) in [6.07, 6.45) is 18.6. The number of amides is 1. The Morgan fingerprint density at radius 3 is 1.50 bits per heavy atom. The van der Waals surface area contributed by atoms with Crippen LogP contribution >= 0.6 is 0 Å². The van der Waals surface area contributed by atoms with Crippen molar-refractivity contribution in [3.8, 4) is 0 Å². The maximum Gasteiger partial charge on any atom is 0.225 e. The van der Waals surface area contributed by atoms with Gasteiger partial charge in [0.15, 0.2) is 0 Å². The van der Waals surface area contributed by atoms with Crippen LogP contribution in [0.1, 0.15) is 104 Å². The number of hydrogen-bond donors (Lipinski definition) is 0. The molecule has 22 heavy (non-hydrogen) atoms. The Morgan fingerprint density at radius 2 is 1.14 bits per heavy atom. The van der Waals surface area contributed by atoms with Crippen molar-refractivity contribution < 1.29 is 4.79 Å². The van der Waals surface area contributed by atoms with Gasteiger partial charge in [-0.25, -0.2) is 0 Å². The van der Waals surface area contributed by atoms with Gasteiger partial charge < -0.3 is 4.90 Å². The van der Waals surface area contributed by atoms with Crippen LogP contribution in [0.4, 0.5) is 0 Å². The largest absolute Gasteiger partial charge is 0.349 e. The zero-order chi connectivity index (χ0) is 16.6. The molecule has 132 valence electrons. The second kappa shape index (κ2) is 15.4. The van der Waals surface area contributed by atoms with E-state index in [2.05, 4.69) is 13.8 Å². The minimum absolute atomic E-state index is 0.248. The highest BCUT2D eigenvalue weighted by Gasteiger charge is 2.17. The first kappa shape index (κ1) is 21.5. The Balaban J connectivity index is 3.34. The predicted molar refractivity (Wildman–Crippen MR) is 98.2 cm³/mol. The van der Waals surface area contributed by atoms with E-state index in [4.69, 9.17) is 0 Å². The summed E-state index contributed by atoms with van der Waals surface area (Å²) < 4.78 is 0. The highest BCUT2D eigenvalue weighted by Crippen LogP contribution is 2.17. The Hall–Kier alpha value is -0.530. The van der Waals surface area contributed by atoms with E-state index in [9.17, 15) is 4.79 Å². The molecule has 0 aromatic carbocycles. The number of rotatable bonds is 15. The summed E-state index contributed by atoms with van der Waals surface area (Å²) in [5, 5.41) is 0. The quantitative estimate of drug-likeness (QED) is 0.330. The van der Waals surface area contributed by atoms with Gasteiger partial charge in [0.25, 0.3) is 0 Å². The van der Waals surface area contributed by atoms with Crippen LogP contribution in [0.25, 0.3) is 0 Å². The van der Waals surface area contributed by atoms with Gasteiger partial charge in [0, 0.05) is 20.0 Å².